The standard InChI is InChI=1S/C10H9N3O2S/c1-3-4-7-6(2)16-10(12-7)8(14)9-13-11-5-15-9/h3-5H,1-2H3/b4-3-. The first-order chi connectivity index (χ1) is 7.72. The largest absolute Gasteiger partial charge is 0.421 e. The minimum atomic E-state index is -0.332. The summed E-state index contributed by atoms with van der Waals surface area (Å²) >= 11 is 1.32. The van der Waals surface area contributed by atoms with E-state index in [0.29, 0.717) is 5.01 Å². The fourth-order valence-corrected chi connectivity index (χ4v) is 2.01. The number of hydrogen-bond donors (Lipinski definition) is 0. The van der Waals surface area contributed by atoms with Gasteiger partial charge >= 0.3 is 0 Å². The zero-order valence-electron chi connectivity index (χ0n) is 8.80. The lowest BCUT2D eigenvalue weighted by molar-refractivity contribution is 0.100. The minimum Gasteiger partial charge on any atom is -0.421 e. The highest BCUT2D eigenvalue weighted by atomic mass is 32.1. The molecule has 0 atom stereocenters. The van der Waals surface area contributed by atoms with Crippen molar-refractivity contribution in [2.75, 3.05) is 0 Å². The lowest BCUT2D eigenvalue weighted by Gasteiger charge is -1.86. The zero-order chi connectivity index (χ0) is 11.5. The van der Waals surface area contributed by atoms with Gasteiger partial charge in [-0.15, -0.1) is 21.5 Å². The third kappa shape index (κ3) is 1.92. The fraction of sp³-hybridized carbons (Fsp3) is 0.200. The van der Waals surface area contributed by atoms with E-state index in [0.717, 1.165) is 17.0 Å². The number of carbonyl (C=O) groups excluding carboxylic acids is 1. The molecule has 0 aromatic carbocycles. The number of thiazole rings is 1. The minimum absolute atomic E-state index is 0.0271. The van der Waals surface area contributed by atoms with Crippen LogP contribution >= 0.6 is 11.3 Å². The summed E-state index contributed by atoms with van der Waals surface area (Å²) in [6.07, 6.45) is 4.86. The van der Waals surface area contributed by atoms with E-state index in [-0.39, 0.29) is 11.7 Å². The maximum absolute atomic E-state index is 11.8. The summed E-state index contributed by atoms with van der Waals surface area (Å²) in [5, 5.41) is 7.39. The van der Waals surface area contributed by atoms with Crippen molar-refractivity contribution in [3.05, 3.63) is 33.9 Å². The first-order valence-electron chi connectivity index (χ1n) is 4.63. The molecule has 5 nitrogen and oxygen atoms in total. The fourth-order valence-electron chi connectivity index (χ4n) is 1.18. The Morgan fingerprint density at radius 2 is 2.38 bits per heavy atom. The van der Waals surface area contributed by atoms with Crippen molar-refractivity contribution >= 4 is 23.2 Å². The number of nitrogens with zero attached hydrogens (tertiary/aromatic N) is 3. The van der Waals surface area contributed by atoms with Gasteiger partial charge in [-0.1, -0.05) is 6.08 Å². The number of rotatable bonds is 3. The summed E-state index contributed by atoms with van der Waals surface area (Å²) in [6.45, 7) is 3.82. The van der Waals surface area contributed by atoms with Crippen molar-refractivity contribution in [3.63, 3.8) is 0 Å². The van der Waals surface area contributed by atoms with Crippen molar-refractivity contribution in [2.45, 2.75) is 13.8 Å². The average molecular weight is 235 g/mol. The Bertz CT molecular complexity index is 528. The molecular weight excluding hydrogens is 226 g/mol. The number of allylic oxidation sites excluding steroid dienone is 1. The molecule has 0 fully saturated rings. The van der Waals surface area contributed by atoms with Crippen LogP contribution in [0.2, 0.25) is 0 Å². The van der Waals surface area contributed by atoms with Crippen molar-refractivity contribution < 1.29 is 9.21 Å². The van der Waals surface area contributed by atoms with Gasteiger partial charge in [0.1, 0.15) is 0 Å². The molecule has 2 aromatic rings. The molecule has 2 rings (SSSR count). The third-order valence-corrected chi connectivity index (χ3v) is 2.89. The molecule has 2 heterocycles. The predicted molar refractivity (Wildman–Crippen MR) is 59.3 cm³/mol. The summed E-state index contributed by atoms with van der Waals surface area (Å²) < 4.78 is 4.84. The number of carbonyl (C=O) groups is 1. The molecule has 0 aliphatic rings. The first-order valence-corrected chi connectivity index (χ1v) is 5.45. The van der Waals surface area contributed by atoms with Gasteiger partial charge in [0.15, 0.2) is 5.01 Å². The summed E-state index contributed by atoms with van der Waals surface area (Å²) in [7, 11) is 0. The molecule has 16 heavy (non-hydrogen) atoms. The van der Waals surface area contributed by atoms with Crippen molar-refractivity contribution in [2.24, 2.45) is 0 Å². The Labute approximate surface area is 95.8 Å². The van der Waals surface area contributed by atoms with Crippen LogP contribution in [-0.4, -0.2) is 21.0 Å². The third-order valence-electron chi connectivity index (χ3n) is 1.91. The van der Waals surface area contributed by atoms with Crippen molar-refractivity contribution in [1.29, 1.82) is 0 Å². The van der Waals surface area contributed by atoms with Crippen LogP contribution in [0.3, 0.4) is 0 Å². The van der Waals surface area contributed by atoms with Gasteiger partial charge < -0.3 is 4.42 Å². The van der Waals surface area contributed by atoms with Gasteiger partial charge in [0.25, 0.3) is 11.7 Å². The zero-order valence-corrected chi connectivity index (χ0v) is 9.61. The van der Waals surface area contributed by atoms with E-state index in [4.69, 9.17) is 4.42 Å². The number of aromatic nitrogens is 3. The summed E-state index contributed by atoms with van der Waals surface area (Å²) in [5.41, 5.74) is 0.801. The Kier molecular flexibility index (Phi) is 2.91. The normalized spacial score (nSPS) is 11.1. The average Bonchev–Trinajstić information content (AvgIpc) is 2.88. The molecule has 0 bridgehead atoms. The second kappa shape index (κ2) is 4.36. The van der Waals surface area contributed by atoms with Gasteiger partial charge in [0.2, 0.25) is 6.39 Å². The molecule has 0 radical (unpaired) electrons. The molecule has 6 heteroatoms. The predicted octanol–water partition coefficient (Wildman–Crippen LogP) is 2.10. The molecule has 0 aliphatic carbocycles. The highest BCUT2D eigenvalue weighted by molar-refractivity contribution is 7.13. The summed E-state index contributed by atoms with van der Waals surface area (Å²) in [4.78, 5) is 17.0. The van der Waals surface area contributed by atoms with E-state index >= 15 is 0 Å². The molecule has 0 saturated heterocycles. The molecule has 0 unspecified atom stereocenters. The Morgan fingerprint density at radius 1 is 1.56 bits per heavy atom. The molecule has 82 valence electrons. The van der Waals surface area contributed by atoms with Crippen LogP contribution in [0.25, 0.3) is 6.08 Å². The first kappa shape index (κ1) is 10.7. The Balaban J connectivity index is 2.35. The van der Waals surface area contributed by atoms with Crippen LogP contribution in [0.4, 0.5) is 0 Å². The highest BCUT2D eigenvalue weighted by Crippen LogP contribution is 2.20. The maximum atomic E-state index is 11.8. The molecule has 0 spiro atoms. The molecular formula is C10H9N3O2S. The molecule has 2 aromatic heterocycles. The molecule has 0 saturated carbocycles. The van der Waals surface area contributed by atoms with Gasteiger partial charge in [0.05, 0.1) is 5.69 Å². The SMILES string of the molecule is C/C=C\c1nc(C(=O)c2nnco2)sc1C. The molecule has 0 amide bonds. The van der Waals surface area contributed by atoms with E-state index in [2.05, 4.69) is 15.2 Å². The smallest absolute Gasteiger partial charge is 0.291 e. The second-order valence-electron chi connectivity index (χ2n) is 3.03. The Hall–Kier alpha value is -1.82. The van der Waals surface area contributed by atoms with E-state index in [1.165, 1.54) is 11.3 Å². The monoisotopic (exact) mass is 235 g/mol. The lowest BCUT2D eigenvalue weighted by atomic mass is 10.3. The van der Waals surface area contributed by atoms with E-state index in [1.807, 2.05) is 26.0 Å². The number of aryl methyl sites for hydroxylation is 1. The summed E-state index contributed by atoms with van der Waals surface area (Å²) in [6, 6.07) is 0. The van der Waals surface area contributed by atoms with Crippen LogP contribution in [0, 0.1) is 6.92 Å². The summed E-state index contributed by atoms with van der Waals surface area (Å²) in [5.74, 6) is -0.359. The van der Waals surface area contributed by atoms with Crippen LogP contribution in [0.15, 0.2) is 16.9 Å². The van der Waals surface area contributed by atoms with Gasteiger partial charge in [0, 0.05) is 4.88 Å². The number of hydrogen-bond acceptors (Lipinski definition) is 6. The van der Waals surface area contributed by atoms with Crippen molar-refractivity contribution in [1.82, 2.24) is 15.2 Å². The quantitative estimate of drug-likeness (QED) is 0.762. The second-order valence-corrected chi connectivity index (χ2v) is 4.24. The van der Waals surface area contributed by atoms with Crippen LogP contribution in [0.5, 0.6) is 0 Å². The topological polar surface area (TPSA) is 68.9 Å². The van der Waals surface area contributed by atoms with E-state index in [1.54, 1.807) is 0 Å². The van der Waals surface area contributed by atoms with Crippen LogP contribution in [0.1, 0.15) is 33.2 Å². The van der Waals surface area contributed by atoms with Gasteiger partial charge in [-0.25, -0.2) is 4.98 Å². The molecule has 0 N–H and O–H groups in total. The molecule has 0 aliphatic heterocycles. The Morgan fingerprint density at radius 3 is 3.00 bits per heavy atom. The van der Waals surface area contributed by atoms with Gasteiger partial charge in [-0.2, -0.15) is 0 Å². The van der Waals surface area contributed by atoms with Crippen molar-refractivity contribution in [3.8, 4) is 0 Å². The van der Waals surface area contributed by atoms with E-state index in [9.17, 15) is 4.79 Å². The number of ketones is 1. The maximum Gasteiger partial charge on any atom is 0.291 e. The van der Waals surface area contributed by atoms with Crippen LogP contribution in [-0.2, 0) is 0 Å². The van der Waals surface area contributed by atoms with E-state index < -0.39 is 0 Å². The van der Waals surface area contributed by atoms with Crippen LogP contribution < -0.4 is 0 Å². The lowest BCUT2D eigenvalue weighted by Crippen LogP contribution is -2.01. The van der Waals surface area contributed by atoms with Gasteiger partial charge in [-0.05, 0) is 19.9 Å². The van der Waals surface area contributed by atoms with Gasteiger partial charge in [-0.3, -0.25) is 4.79 Å². The highest BCUT2D eigenvalue weighted by Gasteiger charge is 2.19.